The van der Waals surface area contributed by atoms with Gasteiger partial charge in [-0.1, -0.05) is 59.0 Å². The zero-order valence-electron chi connectivity index (χ0n) is 17.2. The Morgan fingerprint density at radius 2 is 1.56 bits per heavy atom. The Hall–Kier alpha value is -3.32. The highest BCUT2D eigenvalue weighted by atomic mass is 127. The van der Waals surface area contributed by atoms with Gasteiger partial charge in [-0.25, -0.2) is 18.8 Å². The lowest BCUT2D eigenvalue weighted by molar-refractivity contribution is -0.127. The second kappa shape index (κ2) is 8.17. The quantitative estimate of drug-likeness (QED) is 0.281. The number of H-pyrrole nitrogens is 1. The van der Waals surface area contributed by atoms with E-state index in [1.165, 1.54) is 24.3 Å². The molecule has 174 valence electrons. The number of benzene rings is 2. The highest BCUT2D eigenvalue weighted by molar-refractivity contribution is 14.1. The summed E-state index contributed by atoms with van der Waals surface area (Å²) in [7, 11) is 0. The van der Waals surface area contributed by atoms with E-state index in [-0.39, 0.29) is 11.1 Å². The van der Waals surface area contributed by atoms with Crippen LogP contribution in [0.2, 0.25) is 0 Å². The first-order valence-electron chi connectivity index (χ1n) is 10.1. The van der Waals surface area contributed by atoms with Gasteiger partial charge in [0.2, 0.25) is 5.60 Å². The van der Waals surface area contributed by atoms with Gasteiger partial charge in [0.1, 0.15) is 3.92 Å². The molecule has 1 saturated heterocycles. The standard InChI is InChI=1S/C23H16FIN2O7/c24-23-20(25)22(23,34-19(30)14-9-5-2-6-10-14)16(32-18(29)13-7-3-1-4-8-13)17(33-23)27-12-11-15(28)26-21(27)31/h1-12,16-17,20H,(H,26,28,31)/t16-,17+,20?,22+,23+/m0/s1. The molecule has 34 heavy (non-hydrogen) atoms. The average molecular weight is 578 g/mol. The third-order valence-corrected chi connectivity index (χ3v) is 7.49. The Morgan fingerprint density at radius 3 is 2.15 bits per heavy atom. The van der Waals surface area contributed by atoms with Crippen molar-refractivity contribution in [3.63, 3.8) is 0 Å². The van der Waals surface area contributed by atoms with Crippen LogP contribution in [0.4, 0.5) is 4.39 Å². The molecule has 1 aliphatic carbocycles. The van der Waals surface area contributed by atoms with Crippen molar-refractivity contribution in [3.8, 4) is 0 Å². The number of carbonyl (C=O) groups excluding carboxylic acids is 2. The van der Waals surface area contributed by atoms with Gasteiger partial charge in [-0.05, 0) is 24.3 Å². The van der Waals surface area contributed by atoms with Gasteiger partial charge in [-0.15, -0.1) is 0 Å². The maximum absolute atomic E-state index is 16.0. The van der Waals surface area contributed by atoms with Gasteiger partial charge in [0.25, 0.3) is 11.4 Å². The van der Waals surface area contributed by atoms with Crippen molar-refractivity contribution in [3.05, 3.63) is 105 Å². The van der Waals surface area contributed by atoms with Gasteiger partial charge in [0, 0.05) is 12.3 Å². The number of nitrogens with one attached hydrogen (secondary N) is 1. The highest BCUT2D eigenvalue weighted by Gasteiger charge is 2.93. The van der Waals surface area contributed by atoms with Crippen LogP contribution in [0.15, 0.2) is 82.5 Å². The number of aromatic amines is 1. The fourth-order valence-electron chi connectivity index (χ4n) is 4.01. The van der Waals surface area contributed by atoms with Gasteiger partial charge in [0.05, 0.1) is 11.1 Å². The Labute approximate surface area is 204 Å². The summed E-state index contributed by atoms with van der Waals surface area (Å²) in [6, 6.07) is 16.9. The van der Waals surface area contributed by atoms with E-state index in [1.54, 1.807) is 59.0 Å². The largest absolute Gasteiger partial charge is 0.449 e. The van der Waals surface area contributed by atoms with Crippen LogP contribution >= 0.6 is 22.6 Å². The molecule has 2 fully saturated rings. The number of halogens is 2. The minimum absolute atomic E-state index is 0.160. The molecule has 1 aromatic heterocycles. The normalized spacial score (nSPS) is 29.2. The van der Waals surface area contributed by atoms with Crippen LogP contribution < -0.4 is 11.2 Å². The van der Waals surface area contributed by atoms with Crippen LogP contribution in [0.3, 0.4) is 0 Å². The molecular formula is C23H16FIN2O7. The molecule has 5 rings (SSSR count). The maximum atomic E-state index is 16.0. The lowest BCUT2D eigenvalue weighted by Gasteiger charge is -2.28. The Bertz CT molecular complexity index is 1380. The molecule has 1 aliphatic heterocycles. The van der Waals surface area contributed by atoms with E-state index < -0.39 is 50.9 Å². The topological polar surface area (TPSA) is 117 Å². The van der Waals surface area contributed by atoms with Gasteiger partial charge in [-0.2, -0.15) is 0 Å². The summed E-state index contributed by atoms with van der Waals surface area (Å²) in [5.41, 5.74) is -3.27. The molecule has 2 heterocycles. The van der Waals surface area contributed by atoms with Gasteiger partial charge in [0.15, 0.2) is 12.3 Å². The summed E-state index contributed by atoms with van der Waals surface area (Å²) in [5, 5.41) is 0. The summed E-state index contributed by atoms with van der Waals surface area (Å²) in [6.45, 7) is 0. The van der Waals surface area contributed by atoms with Crippen molar-refractivity contribution in [2.75, 3.05) is 0 Å². The number of ether oxygens (including phenoxy) is 3. The second-order valence-electron chi connectivity index (χ2n) is 7.77. The van der Waals surface area contributed by atoms with Gasteiger partial charge >= 0.3 is 17.6 Å². The summed E-state index contributed by atoms with van der Waals surface area (Å²) < 4.78 is 32.6. The molecule has 1 N–H and O–H groups in total. The summed E-state index contributed by atoms with van der Waals surface area (Å²) >= 11 is 1.72. The van der Waals surface area contributed by atoms with Crippen molar-refractivity contribution < 1.29 is 28.2 Å². The molecule has 1 saturated carbocycles. The van der Waals surface area contributed by atoms with Crippen molar-refractivity contribution in [1.82, 2.24) is 9.55 Å². The molecule has 0 radical (unpaired) electrons. The fraction of sp³-hybridized carbons (Fsp3) is 0.217. The highest BCUT2D eigenvalue weighted by Crippen LogP contribution is 2.69. The van der Waals surface area contributed by atoms with E-state index in [0.717, 1.165) is 16.8 Å². The summed E-state index contributed by atoms with van der Waals surface area (Å²) in [5.74, 6) is -4.22. The second-order valence-corrected chi connectivity index (χ2v) is 9.02. The number of carbonyl (C=O) groups is 2. The lowest BCUT2D eigenvalue weighted by Crippen LogP contribution is -2.45. The van der Waals surface area contributed by atoms with E-state index >= 15 is 4.39 Å². The molecule has 11 heteroatoms. The van der Waals surface area contributed by atoms with Crippen LogP contribution in [0.1, 0.15) is 26.9 Å². The van der Waals surface area contributed by atoms with Crippen molar-refractivity contribution >= 4 is 34.5 Å². The zero-order chi connectivity index (χ0) is 24.1. The van der Waals surface area contributed by atoms with E-state index in [1.807, 2.05) is 0 Å². The first-order chi connectivity index (χ1) is 16.3. The maximum Gasteiger partial charge on any atom is 0.339 e. The number of hydrogen-bond donors (Lipinski definition) is 1. The number of alkyl halides is 2. The summed E-state index contributed by atoms with van der Waals surface area (Å²) in [4.78, 5) is 51.8. The minimum Gasteiger partial charge on any atom is -0.449 e. The average Bonchev–Trinajstić information content (AvgIpc) is 3.16. The number of hydrogen-bond acceptors (Lipinski definition) is 7. The summed E-state index contributed by atoms with van der Waals surface area (Å²) in [6.07, 6.45) is -1.95. The predicted octanol–water partition coefficient (Wildman–Crippen LogP) is 2.37. The molecule has 2 aromatic carbocycles. The Kier molecular flexibility index (Phi) is 5.40. The van der Waals surface area contributed by atoms with Crippen LogP contribution in [0, 0.1) is 0 Å². The van der Waals surface area contributed by atoms with E-state index in [2.05, 4.69) is 4.98 Å². The number of esters is 2. The number of aromatic nitrogens is 2. The zero-order valence-corrected chi connectivity index (χ0v) is 19.4. The van der Waals surface area contributed by atoms with Gasteiger partial charge in [-0.3, -0.25) is 14.3 Å². The molecule has 3 aromatic rings. The number of rotatable bonds is 5. The third-order valence-electron chi connectivity index (χ3n) is 5.77. The van der Waals surface area contributed by atoms with Crippen LogP contribution in [-0.2, 0) is 14.2 Å². The van der Waals surface area contributed by atoms with Crippen LogP contribution in [-0.4, -0.2) is 43.0 Å². The molecule has 0 spiro atoms. The fourth-order valence-corrected chi connectivity index (χ4v) is 5.37. The molecular weight excluding hydrogens is 562 g/mol. The molecule has 0 amide bonds. The van der Waals surface area contributed by atoms with Crippen LogP contribution in [0.5, 0.6) is 0 Å². The first kappa shape index (κ1) is 22.5. The SMILES string of the molecule is O=C(O[C@H]1[C@H](n2ccc(=O)[nH]c2=O)O[C@]2(F)C(I)[C@]12OC(=O)c1ccccc1)c1ccccc1. The van der Waals surface area contributed by atoms with Crippen LogP contribution in [0.25, 0.3) is 0 Å². The lowest BCUT2D eigenvalue weighted by atomic mass is 10.1. The molecule has 1 unspecified atom stereocenters. The third kappa shape index (κ3) is 3.38. The van der Waals surface area contributed by atoms with Crippen molar-refractivity contribution in [2.24, 2.45) is 0 Å². The Balaban J connectivity index is 1.56. The first-order valence-corrected chi connectivity index (χ1v) is 11.4. The predicted molar refractivity (Wildman–Crippen MR) is 123 cm³/mol. The number of nitrogens with zero attached hydrogens (tertiary/aromatic N) is 1. The molecule has 9 nitrogen and oxygen atoms in total. The van der Waals surface area contributed by atoms with E-state index in [0.29, 0.717) is 0 Å². The molecule has 0 bridgehead atoms. The minimum atomic E-state index is -2.54. The Morgan fingerprint density at radius 1 is 0.971 bits per heavy atom. The number of fused-ring (bicyclic) bond motifs is 1. The van der Waals surface area contributed by atoms with Crippen molar-refractivity contribution in [2.45, 2.75) is 27.7 Å². The van der Waals surface area contributed by atoms with Crippen molar-refractivity contribution in [1.29, 1.82) is 0 Å². The van der Waals surface area contributed by atoms with E-state index in [9.17, 15) is 19.2 Å². The van der Waals surface area contributed by atoms with E-state index in [4.69, 9.17) is 14.2 Å². The molecule has 5 atom stereocenters. The molecule has 2 aliphatic rings. The monoisotopic (exact) mass is 578 g/mol. The van der Waals surface area contributed by atoms with Gasteiger partial charge < -0.3 is 14.2 Å². The smallest absolute Gasteiger partial charge is 0.339 e.